The normalized spacial score (nSPS) is 18.0. The van der Waals surface area contributed by atoms with E-state index >= 15 is 0 Å². The number of hydrogen-bond donors (Lipinski definition) is 1. The Labute approximate surface area is 224 Å². The van der Waals surface area contributed by atoms with Gasteiger partial charge in [-0.25, -0.2) is 28.7 Å². The first-order chi connectivity index (χ1) is 18.4. The molecular weight excluding hydrogens is 505 g/mol. The van der Waals surface area contributed by atoms with Crippen molar-refractivity contribution < 1.29 is 18.7 Å². The van der Waals surface area contributed by atoms with E-state index in [1.165, 1.54) is 35.4 Å². The second-order valence-electron chi connectivity index (χ2n) is 10.7. The van der Waals surface area contributed by atoms with Gasteiger partial charge in [-0.15, -0.1) is 0 Å². The molecule has 1 fully saturated rings. The van der Waals surface area contributed by atoms with Crippen LogP contribution in [-0.4, -0.2) is 77.2 Å². The zero-order chi connectivity index (χ0) is 28.1. The van der Waals surface area contributed by atoms with Crippen LogP contribution in [0.2, 0.25) is 0 Å². The van der Waals surface area contributed by atoms with E-state index in [0.29, 0.717) is 35.8 Å². The molecule has 2 atom stereocenters. The first-order valence-electron chi connectivity index (χ1n) is 12.6. The van der Waals surface area contributed by atoms with Gasteiger partial charge in [0, 0.05) is 37.7 Å². The van der Waals surface area contributed by atoms with E-state index in [0.717, 1.165) is 0 Å². The third kappa shape index (κ3) is 5.16. The fourth-order valence-electron chi connectivity index (χ4n) is 4.83. The molecule has 0 bridgehead atoms. The maximum absolute atomic E-state index is 14.5. The monoisotopic (exact) mass is 535 g/mol. The molecule has 4 aromatic rings. The molecule has 0 aromatic carbocycles. The predicted molar refractivity (Wildman–Crippen MR) is 142 cm³/mol. The van der Waals surface area contributed by atoms with Crippen LogP contribution in [0.3, 0.4) is 0 Å². The van der Waals surface area contributed by atoms with Crippen LogP contribution < -0.4 is 10.2 Å². The minimum absolute atomic E-state index is 0.0723. The molecule has 5 heterocycles. The van der Waals surface area contributed by atoms with Gasteiger partial charge < -0.3 is 15.0 Å². The Kier molecular flexibility index (Phi) is 6.52. The largest absolute Gasteiger partial charge is 0.444 e. The summed E-state index contributed by atoms with van der Waals surface area (Å²) in [6, 6.07) is 0.861. The van der Waals surface area contributed by atoms with Gasteiger partial charge in [0.05, 0.1) is 29.5 Å². The van der Waals surface area contributed by atoms with Crippen LogP contribution in [0.5, 0.6) is 0 Å². The molecule has 4 aromatic heterocycles. The van der Waals surface area contributed by atoms with Crippen molar-refractivity contribution >= 4 is 40.2 Å². The number of nitrogens with one attached hydrogen (secondary N) is 1. The fourth-order valence-corrected chi connectivity index (χ4v) is 4.83. The zero-order valence-electron chi connectivity index (χ0n) is 22.6. The Morgan fingerprint density at radius 1 is 1.08 bits per heavy atom. The number of piperazine rings is 1. The standard InChI is InChI=1S/C26H30FN9O3/c1-14-11-34(12-15(2)36(14)25(38)39-26(4,5)6)23-21-20(28-7-8-29-21)18(10-30-23)24(37)32-17-9-19(27)22-31-16(3)33-35(22)13-17/h7-10,13-15H,11-12H2,1-6H3,(H,32,37)/t14-,15+. The molecule has 13 heteroatoms. The van der Waals surface area contributed by atoms with Crippen LogP contribution in [0.15, 0.2) is 30.9 Å². The molecule has 0 aliphatic carbocycles. The average molecular weight is 536 g/mol. The molecule has 12 nitrogen and oxygen atoms in total. The summed E-state index contributed by atoms with van der Waals surface area (Å²) in [6.07, 6.45) is 5.60. The van der Waals surface area contributed by atoms with Gasteiger partial charge in [0.15, 0.2) is 17.3 Å². The van der Waals surface area contributed by atoms with Gasteiger partial charge in [-0.1, -0.05) is 0 Å². The van der Waals surface area contributed by atoms with Gasteiger partial charge in [-0.3, -0.25) is 14.7 Å². The van der Waals surface area contributed by atoms with Crippen LogP contribution in [0, 0.1) is 12.7 Å². The van der Waals surface area contributed by atoms with Crippen LogP contribution >= 0.6 is 0 Å². The highest BCUT2D eigenvalue weighted by atomic mass is 19.1. The summed E-state index contributed by atoms with van der Waals surface area (Å²) in [5.74, 6) is -0.163. The highest BCUT2D eigenvalue weighted by molar-refractivity contribution is 6.12. The highest BCUT2D eigenvalue weighted by Gasteiger charge is 2.36. The van der Waals surface area contributed by atoms with Crippen molar-refractivity contribution in [1.82, 2.24) is 34.4 Å². The molecule has 1 aliphatic heterocycles. The average Bonchev–Trinajstić information content (AvgIpc) is 3.22. The lowest BCUT2D eigenvalue weighted by Gasteiger charge is -2.44. The van der Waals surface area contributed by atoms with Gasteiger partial charge in [0.1, 0.15) is 22.5 Å². The third-order valence-corrected chi connectivity index (χ3v) is 6.30. The first kappa shape index (κ1) is 26.2. The Bertz CT molecular complexity index is 1570. The van der Waals surface area contributed by atoms with Crippen molar-refractivity contribution in [3.63, 3.8) is 0 Å². The lowest BCUT2D eigenvalue weighted by molar-refractivity contribution is 0.00561. The van der Waals surface area contributed by atoms with Crippen molar-refractivity contribution in [2.45, 2.75) is 59.2 Å². The van der Waals surface area contributed by atoms with E-state index < -0.39 is 17.3 Å². The number of amides is 2. The maximum Gasteiger partial charge on any atom is 0.410 e. The third-order valence-electron chi connectivity index (χ3n) is 6.30. The lowest BCUT2D eigenvalue weighted by Crippen LogP contribution is -2.59. The summed E-state index contributed by atoms with van der Waals surface area (Å²) < 4.78 is 21.4. The van der Waals surface area contributed by atoms with Crippen LogP contribution in [-0.2, 0) is 4.74 Å². The number of ether oxygens (including phenoxy) is 1. The van der Waals surface area contributed by atoms with E-state index in [9.17, 15) is 14.0 Å². The number of anilines is 2. The van der Waals surface area contributed by atoms with Crippen molar-refractivity contribution in [2.75, 3.05) is 23.3 Å². The van der Waals surface area contributed by atoms with Crippen molar-refractivity contribution in [1.29, 1.82) is 0 Å². The van der Waals surface area contributed by atoms with Gasteiger partial charge >= 0.3 is 6.09 Å². The Morgan fingerprint density at radius 3 is 2.41 bits per heavy atom. The summed E-state index contributed by atoms with van der Waals surface area (Å²) in [5.41, 5.74) is 0.672. The van der Waals surface area contributed by atoms with E-state index in [2.05, 4.69) is 30.4 Å². The molecule has 39 heavy (non-hydrogen) atoms. The minimum atomic E-state index is -0.611. The van der Waals surface area contributed by atoms with E-state index in [1.54, 1.807) is 11.8 Å². The summed E-state index contributed by atoms with van der Waals surface area (Å²) in [6.45, 7) is 12.1. The topological polar surface area (TPSA) is 131 Å². The molecule has 1 saturated heterocycles. The van der Waals surface area contributed by atoms with Gasteiger partial charge in [0.25, 0.3) is 5.91 Å². The number of pyridine rings is 2. The number of nitrogens with zero attached hydrogens (tertiary/aromatic N) is 8. The summed E-state index contributed by atoms with van der Waals surface area (Å²) >= 11 is 0. The molecule has 204 valence electrons. The molecule has 1 aliphatic rings. The van der Waals surface area contributed by atoms with Crippen molar-refractivity contribution in [2.24, 2.45) is 0 Å². The number of fused-ring (bicyclic) bond motifs is 2. The van der Waals surface area contributed by atoms with Crippen LogP contribution in [0.4, 0.5) is 20.7 Å². The second-order valence-corrected chi connectivity index (χ2v) is 10.7. The quantitative estimate of drug-likeness (QED) is 0.418. The number of aromatic nitrogens is 6. The number of halogens is 1. The molecule has 1 N–H and O–H groups in total. The Hall–Kier alpha value is -4.42. The van der Waals surface area contributed by atoms with E-state index in [4.69, 9.17) is 4.74 Å². The van der Waals surface area contributed by atoms with E-state index in [1.807, 2.05) is 39.5 Å². The fraction of sp³-hybridized carbons (Fsp3) is 0.423. The number of carbonyl (C=O) groups excluding carboxylic acids is 2. The van der Waals surface area contributed by atoms with Crippen LogP contribution in [0.25, 0.3) is 16.7 Å². The SMILES string of the molecule is Cc1nc2c(F)cc(NC(=O)c3cnc(N4C[C@@H](C)N(C(=O)OC(C)(C)C)[C@@H](C)C4)c4nccnc34)cn2n1. The van der Waals surface area contributed by atoms with Gasteiger partial charge in [0.2, 0.25) is 0 Å². The number of aryl methyl sites for hydroxylation is 1. The molecule has 0 saturated carbocycles. The molecule has 5 rings (SSSR count). The predicted octanol–water partition coefficient (Wildman–Crippen LogP) is 3.60. The van der Waals surface area contributed by atoms with Crippen molar-refractivity contribution in [3.8, 4) is 0 Å². The number of hydrogen-bond acceptors (Lipinski definition) is 9. The summed E-state index contributed by atoms with van der Waals surface area (Å²) in [4.78, 5) is 47.4. The second kappa shape index (κ2) is 9.71. The summed E-state index contributed by atoms with van der Waals surface area (Å²) in [5, 5.41) is 6.81. The molecule has 2 amide bonds. The lowest BCUT2D eigenvalue weighted by atomic mass is 10.1. The molecular formula is C26H30FN9O3. The minimum Gasteiger partial charge on any atom is -0.444 e. The smallest absolute Gasteiger partial charge is 0.410 e. The molecule has 0 spiro atoms. The first-order valence-corrected chi connectivity index (χ1v) is 12.6. The maximum atomic E-state index is 14.5. The van der Waals surface area contributed by atoms with Gasteiger partial charge in [-0.2, -0.15) is 5.10 Å². The number of rotatable bonds is 3. The molecule has 0 unspecified atom stereocenters. The van der Waals surface area contributed by atoms with Gasteiger partial charge in [-0.05, 0) is 41.5 Å². The number of carbonyl (C=O) groups is 2. The summed E-state index contributed by atoms with van der Waals surface area (Å²) in [7, 11) is 0. The van der Waals surface area contributed by atoms with Crippen molar-refractivity contribution in [3.05, 3.63) is 48.1 Å². The molecule has 0 radical (unpaired) electrons. The Morgan fingerprint density at radius 2 is 1.74 bits per heavy atom. The van der Waals surface area contributed by atoms with E-state index in [-0.39, 0.29) is 35.1 Å². The van der Waals surface area contributed by atoms with Crippen LogP contribution in [0.1, 0.15) is 50.8 Å². The Balaban J connectivity index is 1.42. The highest BCUT2D eigenvalue weighted by Crippen LogP contribution is 2.29. The zero-order valence-corrected chi connectivity index (χ0v) is 22.6.